The van der Waals surface area contributed by atoms with E-state index in [-0.39, 0.29) is 24.3 Å². The summed E-state index contributed by atoms with van der Waals surface area (Å²) in [5, 5.41) is 14.1. The zero-order valence-corrected chi connectivity index (χ0v) is 14.2. The number of aliphatic hydroxyl groups excluding tert-OH is 1. The Hall–Kier alpha value is -2.21. The van der Waals surface area contributed by atoms with Gasteiger partial charge in [-0.05, 0) is 32.0 Å². The van der Waals surface area contributed by atoms with E-state index in [0.717, 1.165) is 17.1 Å². The Morgan fingerprint density at radius 2 is 2.17 bits per heavy atom. The molecule has 6 nitrogen and oxygen atoms in total. The summed E-state index contributed by atoms with van der Waals surface area (Å²) in [5.41, 5.74) is 2.99. The predicted molar refractivity (Wildman–Crippen MR) is 90.5 cm³/mol. The van der Waals surface area contributed by atoms with Gasteiger partial charge in [-0.3, -0.25) is 14.5 Å². The van der Waals surface area contributed by atoms with E-state index in [1.165, 1.54) is 0 Å². The minimum atomic E-state index is 0.0533. The number of aromatic nitrogens is 3. The molecule has 6 heteroatoms. The third-order valence-corrected chi connectivity index (χ3v) is 4.74. The molecule has 2 atom stereocenters. The zero-order chi connectivity index (χ0) is 17.1. The Labute approximate surface area is 142 Å². The van der Waals surface area contributed by atoms with Crippen LogP contribution in [0.2, 0.25) is 0 Å². The SMILES string of the molecule is Cc1cc(C)n(CCC(=O)N2C[C@@H](CO)[C@H](c3ccccn3)C2)n1. The molecule has 1 fully saturated rings. The molecule has 2 aromatic rings. The number of rotatable bonds is 5. The Balaban J connectivity index is 1.62. The molecular weight excluding hydrogens is 304 g/mol. The molecule has 1 aliphatic heterocycles. The van der Waals surface area contributed by atoms with Gasteiger partial charge in [-0.1, -0.05) is 6.07 Å². The van der Waals surface area contributed by atoms with Crippen LogP contribution < -0.4 is 0 Å². The number of likely N-dealkylation sites (tertiary alicyclic amines) is 1. The molecular formula is C18H24N4O2. The fourth-order valence-corrected chi connectivity index (χ4v) is 3.45. The molecule has 3 rings (SSSR count). The molecule has 3 heterocycles. The summed E-state index contributed by atoms with van der Waals surface area (Å²) in [6.07, 6.45) is 2.19. The van der Waals surface area contributed by atoms with Gasteiger partial charge in [0.1, 0.15) is 0 Å². The maximum absolute atomic E-state index is 12.6. The summed E-state index contributed by atoms with van der Waals surface area (Å²) >= 11 is 0. The van der Waals surface area contributed by atoms with Crippen LogP contribution in [0.5, 0.6) is 0 Å². The van der Waals surface area contributed by atoms with Gasteiger partial charge in [-0.2, -0.15) is 5.10 Å². The summed E-state index contributed by atoms with van der Waals surface area (Å²) < 4.78 is 1.88. The second-order valence-corrected chi connectivity index (χ2v) is 6.50. The summed E-state index contributed by atoms with van der Waals surface area (Å²) in [7, 11) is 0. The van der Waals surface area contributed by atoms with E-state index < -0.39 is 0 Å². The Bertz CT molecular complexity index is 698. The standard InChI is InChI=1S/C18H24N4O2/c1-13-9-14(2)22(20-13)8-6-18(24)21-10-15(12-23)16(11-21)17-5-3-4-7-19-17/h3-5,7,9,15-16,23H,6,8,10-12H2,1-2H3/t15-,16+/m0/s1. The van der Waals surface area contributed by atoms with Crippen molar-refractivity contribution >= 4 is 5.91 Å². The van der Waals surface area contributed by atoms with E-state index >= 15 is 0 Å². The van der Waals surface area contributed by atoms with Gasteiger partial charge in [0.25, 0.3) is 0 Å². The summed E-state index contributed by atoms with van der Waals surface area (Å²) in [6.45, 7) is 5.83. The lowest BCUT2D eigenvalue weighted by molar-refractivity contribution is -0.130. The first-order valence-corrected chi connectivity index (χ1v) is 8.39. The number of aryl methyl sites for hydroxylation is 3. The van der Waals surface area contributed by atoms with Crippen molar-refractivity contribution in [1.29, 1.82) is 0 Å². The highest BCUT2D eigenvalue weighted by atomic mass is 16.3. The van der Waals surface area contributed by atoms with E-state index in [1.807, 2.05) is 47.7 Å². The van der Waals surface area contributed by atoms with Gasteiger partial charge in [-0.15, -0.1) is 0 Å². The molecule has 0 aromatic carbocycles. The molecule has 0 bridgehead atoms. The van der Waals surface area contributed by atoms with Crippen molar-refractivity contribution in [2.24, 2.45) is 5.92 Å². The van der Waals surface area contributed by atoms with Crippen molar-refractivity contribution in [2.45, 2.75) is 32.7 Å². The minimum absolute atomic E-state index is 0.0533. The number of carbonyl (C=O) groups excluding carboxylic acids is 1. The third kappa shape index (κ3) is 3.48. The molecule has 0 spiro atoms. The monoisotopic (exact) mass is 328 g/mol. The van der Waals surface area contributed by atoms with Gasteiger partial charge < -0.3 is 10.0 Å². The number of hydrogen-bond donors (Lipinski definition) is 1. The van der Waals surface area contributed by atoms with Crippen molar-refractivity contribution in [3.63, 3.8) is 0 Å². The van der Waals surface area contributed by atoms with Crippen LogP contribution in [0.25, 0.3) is 0 Å². The molecule has 0 aliphatic carbocycles. The Morgan fingerprint density at radius 1 is 1.33 bits per heavy atom. The van der Waals surface area contributed by atoms with Crippen molar-refractivity contribution in [2.75, 3.05) is 19.7 Å². The van der Waals surface area contributed by atoms with Crippen LogP contribution in [0.4, 0.5) is 0 Å². The van der Waals surface area contributed by atoms with Gasteiger partial charge in [0.15, 0.2) is 0 Å². The first kappa shape index (κ1) is 16.6. The number of hydrogen-bond acceptors (Lipinski definition) is 4. The van der Waals surface area contributed by atoms with Crippen LogP contribution in [0.3, 0.4) is 0 Å². The second-order valence-electron chi connectivity index (χ2n) is 6.50. The molecule has 128 valence electrons. The number of pyridine rings is 1. The highest BCUT2D eigenvalue weighted by Crippen LogP contribution is 2.31. The number of aliphatic hydroxyl groups is 1. The maximum atomic E-state index is 12.6. The second kappa shape index (κ2) is 7.13. The van der Waals surface area contributed by atoms with Crippen LogP contribution in [-0.4, -0.2) is 50.4 Å². The highest BCUT2D eigenvalue weighted by Gasteiger charge is 2.36. The molecule has 0 radical (unpaired) electrons. The van der Waals surface area contributed by atoms with E-state index in [1.54, 1.807) is 6.20 Å². The third-order valence-electron chi connectivity index (χ3n) is 4.74. The minimum Gasteiger partial charge on any atom is -0.396 e. The lowest BCUT2D eigenvalue weighted by atomic mass is 9.93. The summed E-state index contributed by atoms with van der Waals surface area (Å²) in [6, 6.07) is 7.81. The fraction of sp³-hybridized carbons (Fsp3) is 0.500. The van der Waals surface area contributed by atoms with E-state index in [9.17, 15) is 9.90 Å². The van der Waals surface area contributed by atoms with Gasteiger partial charge in [0.05, 0.1) is 5.69 Å². The topological polar surface area (TPSA) is 71.2 Å². The molecule has 24 heavy (non-hydrogen) atoms. The Kier molecular flexibility index (Phi) is 4.94. The maximum Gasteiger partial charge on any atom is 0.224 e. The lowest BCUT2D eigenvalue weighted by Crippen LogP contribution is -2.30. The lowest BCUT2D eigenvalue weighted by Gasteiger charge is -2.16. The first-order valence-electron chi connectivity index (χ1n) is 8.39. The van der Waals surface area contributed by atoms with Crippen molar-refractivity contribution in [3.05, 3.63) is 47.5 Å². The van der Waals surface area contributed by atoms with Crippen LogP contribution in [-0.2, 0) is 11.3 Å². The molecule has 1 amide bonds. The van der Waals surface area contributed by atoms with Crippen molar-refractivity contribution in [3.8, 4) is 0 Å². The molecule has 0 saturated carbocycles. The first-order chi connectivity index (χ1) is 11.6. The van der Waals surface area contributed by atoms with E-state index in [0.29, 0.717) is 26.1 Å². The molecule has 1 aliphatic rings. The number of nitrogens with zero attached hydrogens (tertiary/aromatic N) is 4. The van der Waals surface area contributed by atoms with Gasteiger partial charge in [-0.25, -0.2) is 0 Å². The quantitative estimate of drug-likeness (QED) is 0.903. The normalized spacial score (nSPS) is 20.5. The van der Waals surface area contributed by atoms with E-state index in [4.69, 9.17) is 0 Å². The van der Waals surface area contributed by atoms with Crippen LogP contribution in [0.1, 0.15) is 29.4 Å². The van der Waals surface area contributed by atoms with Crippen molar-refractivity contribution < 1.29 is 9.90 Å². The average molecular weight is 328 g/mol. The Morgan fingerprint density at radius 3 is 2.79 bits per heavy atom. The average Bonchev–Trinajstić information content (AvgIpc) is 3.16. The smallest absolute Gasteiger partial charge is 0.224 e. The van der Waals surface area contributed by atoms with Crippen LogP contribution >= 0.6 is 0 Å². The summed E-state index contributed by atoms with van der Waals surface area (Å²) in [5.74, 6) is 0.269. The van der Waals surface area contributed by atoms with E-state index in [2.05, 4.69) is 10.1 Å². The summed E-state index contributed by atoms with van der Waals surface area (Å²) in [4.78, 5) is 18.8. The van der Waals surface area contributed by atoms with Gasteiger partial charge >= 0.3 is 0 Å². The zero-order valence-electron chi connectivity index (χ0n) is 14.2. The van der Waals surface area contributed by atoms with Crippen LogP contribution in [0, 0.1) is 19.8 Å². The molecule has 1 saturated heterocycles. The molecule has 0 unspecified atom stereocenters. The molecule has 1 N–H and O–H groups in total. The predicted octanol–water partition coefficient (Wildman–Crippen LogP) is 1.52. The molecule has 2 aromatic heterocycles. The highest BCUT2D eigenvalue weighted by molar-refractivity contribution is 5.76. The van der Waals surface area contributed by atoms with Gasteiger partial charge in [0.2, 0.25) is 5.91 Å². The van der Waals surface area contributed by atoms with Crippen LogP contribution in [0.15, 0.2) is 30.5 Å². The van der Waals surface area contributed by atoms with Crippen molar-refractivity contribution in [1.82, 2.24) is 19.7 Å². The number of carbonyl (C=O) groups is 1. The number of amides is 1. The van der Waals surface area contributed by atoms with Gasteiger partial charge in [0, 0.05) is 62.1 Å². The largest absolute Gasteiger partial charge is 0.396 e. The fourth-order valence-electron chi connectivity index (χ4n) is 3.45.